The van der Waals surface area contributed by atoms with Crippen LogP contribution in [-0.4, -0.2) is 55.1 Å². The van der Waals surface area contributed by atoms with E-state index in [1.54, 1.807) is 0 Å². The van der Waals surface area contributed by atoms with Gasteiger partial charge in [0, 0.05) is 31.5 Å². The molecule has 1 saturated carbocycles. The minimum Gasteiger partial charge on any atom is -0.347 e. The molecule has 1 spiro atoms. The lowest BCUT2D eigenvalue weighted by atomic mass is 10.0. The lowest BCUT2D eigenvalue weighted by molar-refractivity contribution is -0.163. The highest BCUT2D eigenvalue weighted by molar-refractivity contribution is 4.94. The molecule has 3 heterocycles. The van der Waals surface area contributed by atoms with Gasteiger partial charge in [-0.25, -0.2) is 0 Å². The standard InChI is InChI=1S/C16H28N2O2/c1-2-8-16(7-1)19-12-13(20-16)11-18-10-4-6-15(18)14-5-3-9-17-14/h13-15,17H,1-12H2. The lowest BCUT2D eigenvalue weighted by Gasteiger charge is -2.31. The summed E-state index contributed by atoms with van der Waals surface area (Å²) >= 11 is 0. The summed E-state index contributed by atoms with van der Waals surface area (Å²) in [6.45, 7) is 4.34. The van der Waals surface area contributed by atoms with Crippen LogP contribution < -0.4 is 5.32 Å². The highest BCUT2D eigenvalue weighted by Gasteiger charge is 2.45. The van der Waals surface area contributed by atoms with Crippen LogP contribution in [0.25, 0.3) is 0 Å². The van der Waals surface area contributed by atoms with Gasteiger partial charge in [-0.05, 0) is 51.6 Å². The Labute approximate surface area is 122 Å². The molecule has 20 heavy (non-hydrogen) atoms. The van der Waals surface area contributed by atoms with E-state index in [1.807, 2.05) is 0 Å². The van der Waals surface area contributed by atoms with Crippen LogP contribution in [0.3, 0.4) is 0 Å². The fraction of sp³-hybridized carbons (Fsp3) is 1.00. The van der Waals surface area contributed by atoms with Crippen LogP contribution in [0.2, 0.25) is 0 Å². The molecule has 3 atom stereocenters. The van der Waals surface area contributed by atoms with Gasteiger partial charge in [-0.3, -0.25) is 4.90 Å². The van der Waals surface area contributed by atoms with Gasteiger partial charge in [0.15, 0.2) is 5.79 Å². The van der Waals surface area contributed by atoms with E-state index in [4.69, 9.17) is 9.47 Å². The van der Waals surface area contributed by atoms with Gasteiger partial charge in [0.1, 0.15) is 0 Å². The normalized spacial score (nSPS) is 41.1. The number of likely N-dealkylation sites (tertiary alicyclic amines) is 1. The second-order valence-electron chi connectivity index (χ2n) is 7.08. The van der Waals surface area contributed by atoms with Crippen LogP contribution in [0.5, 0.6) is 0 Å². The first-order chi connectivity index (χ1) is 9.85. The summed E-state index contributed by atoms with van der Waals surface area (Å²) in [6, 6.07) is 1.46. The predicted molar refractivity (Wildman–Crippen MR) is 77.6 cm³/mol. The Hall–Kier alpha value is -0.160. The number of rotatable bonds is 3. The van der Waals surface area contributed by atoms with Crippen molar-refractivity contribution < 1.29 is 9.47 Å². The monoisotopic (exact) mass is 280 g/mol. The van der Waals surface area contributed by atoms with Crippen molar-refractivity contribution >= 4 is 0 Å². The Morgan fingerprint density at radius 3 is 2.80 bits per heavy atom. The zero-order chi connectivity index (χ0) is 13.4. The third-order valence-corrected chi connectivity index (χ3v) is 5.69. The molecule has 3 aliphatic heterocycles. The molecule has 3 saturated heterocycles. The van der Waals surface area contributed by atoms with Crippen molar-refractivity contribution in [2.75, 3.05) is 26.2 Å². The summed E-state index contributed by atoms with van der Waals surface area (Å²) in [7, 11) is 0. The van der Waals surface area contributed by atoms with Gasteiger partial charge in [0.2, 0.25) is 0 Å². The molecule has 1 N–H and O–H groups in total. The second kappa shape index (κ2) is 5.56. The summed E-state index contributed by atoms with van der Waals surface area (Å²) in [6.07, 6.45) is 10.5. The molecule has 3 unspecified atom stereocenters. The molecule has 0 aromatic rings. The van der Waals surface area contributed by atoms with Crippen molar-refractivity contribution in [3.63, 3.8) is 0 Å². The first-order valence-electron chi connectivity index (χ1n) is 8.64. The predicted octanol–water partition coefficient (Wildman–Crippen LogP) is 1.89. The van der Waals surface area contributed by atoms with Gasteiger partial charge in [-0.15, -0.1) is 0 Å². The Balaban J connectivity index is 1.34. The van der Waals surface area contributed by atoms with Crippen LogP contribution in [-0.2, 0) is 9.47 Å². The second-order valence-corrected chi connectivity index (χ2v) is 7.08. The molecule has 4 nitrogen and oxygen atoms in total. The first kappa shape index (κ1) is 13.5. The van der Waals surface area contributed by atoms with Crippen LogP contribution >= 0.6 is 0 Å². The SMILES string of the molecule is C1CNC(C2CCCN2CC2COC3(CCCC3)O2)C1. The molecule has 0 aromatic carbocycles. The zero-order valence-corrected chi connectivity index (χ0v) is 12.5. The number of ether oxygens (including phenoxy) is 2. The molecule has 0 radical (unpaired) electrons. The van der Waals surface area contributed by atoms with Crippen molar-refractivity contribution in [2.24, 2.45) is 0 Å². The topological polar surface area (TPSA) is 33.7 Å². The molecule has 4 aliphatic rings. The summed E-state index contributed by atoms with van der Waals surface area (Å²) in [5, 5.41) is 3.69. The van der Waals surface area contributed by atoms with Crippen molar-refractivity contribution in [1.82, 2.24) is 10.2 Å². The van der Waals surface area contributed by atoms with Gasteiger partial charge in [0.25, 0.3) is 0 Å². The molecule has 4 fully saturated rings. The van der Waals surface area contributed by atoms with Gasteiger partial charge >= 0.3 is 0 Å². The van der Waals surface area contributed by atoms with E-state index in [0.29, 0.717) is 6.10 Å². The summed E-state index contributed by atoms with van der Waals surface area (Å²) < 4.78 is 12.3. The maximum Gasteiger partial charge on any atom is 0.168 e. The third kappa shape index (κ3) is 2.52. The quantitative estimate of drug-likeness (QED) is 0.856. The van der Waals surface area contributed by atoms with Crippen molar-refractivity contribution in [3.8, 4) is 0 Å². The number of nitrogens with zero attached hydrogens (tertiary/aromatic N) is 1. The average Bonchev–Trinajstić information content (AvgIpc) is 3.21. The molecule has 4 rings (SSSR count). The van der Waals surface area contributed by atoms with E-state index in [-0.39, 0.29) is 5.79 Å². The van der Waals surface area contributed by atoms with E-state index in [1.165, 1.54) is 51.6 Å². The van der Waals surface area contributed by atoms with Crippen molar-refractivity contribution in [2.45, 2.75) is 75.3 Å². The van der Waals surface area contributed by atoms with E-state index < -0.39 is 0 Å². The Morgan fingerprint density at radius 1 is 1.10 bits per heavy atom. The maximum absolute atomic E-state index is 6.30. The number of hydrogen-bond acceptors (Lipinski definition) is 4. The van der Waals surface area contributed by atoms with E-state index in [9.17, 15) is 0 Å². The van der Waals surface area contributed by atoms with Gasteiger partial charge in [-0.2, -0.15) is 0 Å². The highest BCUT2D eigenvalue weighted by atomic mass is 16.7. The summed E-state index contributed by atoms with van der Waals surface area (Å²) in [4.78, 5) is 2.67. The van der Waals surface area contributed by atoms with Crippen molar-refractivity contribution in [3.05, 3.63) is 0 Å². The van der Waals surface area contributed by atoms with Gasteiger partial charge in [0.05, 0.1) is 12.7 Å². The minimum atomic E-state index is -0.189. The molecular formula is C16H28N2O2. The van der Waals surface area contributed by atoms with Crippen LogP contribution in [0, 0.1) is 0 Å². The first-order valence-corrected chi connectivity index (χ1v) is 8.64. The molecule has 114 valence electrons. The minimum absolute atomic E-state index is 0.189. The lowest BCUT2D eigenvalue weighted by Crippen LogP contribution is -2.47. The van der Waals surface area contributed by atoms with Crippen LogP contribution in [0.1, 0.15) is 51.4 Å². The average molecular weight is 280 g/mol. The molecule has 0 amide bonds. The maximum atomic E-state index is 6.30. The smallest absolute Gasteiger partial charge is 0.168 e. The number of hydrogen-bond donors (Lipinski definition) is 1. The Bertz CT molecular complexity index is 337. The molecule has 1 aliphatic carbocycles. The van der Waals surface area contributed by atoms with Gasteiger partial charge < -0.3 is 14.8 Å². The van der Waals surface area contributed by atoms with E-state index in [0.717, 1.165) is 38.1 Å². The summed E-state index contributed by atoms with van der Waals surface area (Å²) in [5.74, 6) is -0.189. The van der Waals surface area contributed by atoms with Gasteiger partial charge in [-0.1, -0.05) is 0 Å². The molecule has 4 heteroatoms. The highest BCUT2D eigenvalue weighted by Crippen LogP contribution is 2.39. The largest absolute Gasteiger partial charge is 0.347 e. The summed E-state index contributed by atoms with van der Waals surface area (Å²) in [5.41, 5.74) is 0. The number of nitrogens with one attached hydrogen (secondary N) is 1. The van der Waals surface area contributed by atoms with Crippen LogP contribution in [0.4, 0.5) is 0 Å². The fourth-order valence-corrected chi connectivity index (χ4v) is 4.72. The van der Waals surface area contributed by atoms with E-state index >= 15 is 0 Å². The Kier molecular flexibility index (Phi) is 3.75. The zero-order valence-electron chi connectivity index (χ0n) is 12.5. The Morgan fingerprint density at radius 2 is 2.00 bits per heavy atom. The molecule has 0 bridgehead atoms. The molecule has 0 aromatic heterocycles. The van der Waals surface area contributed by atoms with E-state index in [2.05, 4.69) is 10.2 Å². The fourth-order valence-electron chi connectivity index (χ4n) is 4.72. The third-order valence-electron chi connectivity index (χ3n) is 5.69. The van der Waals surface area contributed by atoms with Crippen molar-refractivity contribution in [1.29, 1.82) is 0 Å². The molecular weight excluding hydrogens is 252 g/mol. The van der Waals surface area contributed by atoms with Crippen LogP contribution in [0.15, 0.2) is 0 Å².